The number of benzene rings is 2. The number of hydrogen-bond donors (Lipinski definition) is 1. The maximum atomic E-state index is 11.8. The lowest BCUT2D eigenvalue weighted by atomic mass is 10.1. The Kier molecular flexibility index (Phi) is 5.60. The summed E-state index contributed by atoms with van der Waals surface area (Å²) in [6, 6.07) is 15.2. The first kappa shape index (κ1) is 15.6. The van der Waals surface area contributed by atoms with Crippen molar-refractivity contribution >= 4 is 12.0 Å². The molecule has 1 N–H and O–H groups in total. The van der Waals surface area contributed by atoms with Crippen molar-refractivity contribution < 1.29 is 14.3 Å². The lowest BCUT2D eigenvalue weighted by molar-refractivity contribution is -0.116. The number of methoxy groups -OCH3 is 2. The van der Waals surface area contributed by atoms with Gasteiger partial charge in [0.15, 0.2) is 0 Å². The van der Waals surface area contributed by atoms with E-state index in [2.05, 4.69) is 5.32 Å². The number of ether oxygens (including phenoxy) is 2. The smallest absolute Gasteiger partial charge is 0.244 e. The summed E-state index contributed by atoms with van der Waals surface area (Å²) in [4.78, 5) is 11.8. The van der Waals surface area contributed by atoms with E-state index in [1.807, 2.05) is 42.5 Å². The van der Waals surface area contributed by atoms with Crippen molar-refractivity contribution in [1.29, 1.82) is 0 Å². The summed E-state index contributed by atoms with van der Waals surface area (Å²) in [6.07, 6.45) is 3.21. The molecule has 4 heteroatoms. The summed E-state index contributed by atoms with van der Waals surface area (Å²) in [7, 11) is 3.18. The number of rotatable bonds is 6. The highest BCUT2D eigenvalue weighted by atomic mass is 16.5. The van der Waals surface area contributed by atoms with E-state index in [4.69, 9.17) is 9.47 Å². The van der Waals surface area contributed by atoms with Crippen LogP contribution >= 0.6 is 0 Å². The molecule has 0 heterocycles. The molecular formula is C18H19NO3. The van der Waals surface area contributed by atoms with Crippen molar-refractivity contribution in [3.8, 4) is 11.5 Å². The fourth-order valence-corrected chi connectivity index (χ4v) is 1.97. The Hall–Kier alpha value is -2.75. The normalized spacial score (nSPS) is 10.5. The van der Waals surface area contributed by atoms with Crippen LogP contribution in [0.4, 0.5) is 0 Å². The molecule has 0 unspecified atom stereocenters. The van der Waals surface area contributed by atoms with Gasteiger partial charge >= 0.3 is 0 Å². The van der Waals surface area contributed by atoms with Gasteiger partial charge in [-0.15, -0.1) is 0 Å². The predicted molar refractivity (Wildman–Crippen MR) is 86.9 cm³/mol. The second-order valence-corrected chi connectivity index (χ2v) is 4.64. The minimum Gasteiger partial charge on any atom is -0.497 e. The lowest BCUT2D eigenvalue weighted by Crippen LogP contribution is -2.20. The summed E-state index contributed by atoms with van der Waals surface area (Å²) < 4.78 is 10.4. The van der Waals surface area contributed by atoms with Gasteiger partial charge in [-0.05, 0) is 23.8 Å². The SMILES string of the molecule is COc1ccc(C=CC(=O)NCc2ccccc2)c(OC)c1. The Morgan fingerprint density at radius 1 is 1.09 bits per heavy atom. The Morgan fingerprint density at radius 3 is 2.55 bits per heavy atom. The molecule has 0 saturated heterocycles. The fraction of sp³-hybridized carbons (Fsp3) is 0.167. The van der Waals surface area contributed by atoms with E-state index in [9.17, 15) is 4.79 Å². The molecule has 0 aliphatic heterocycles. The molecule has 2 aromatic carbocycles. The third-order valence-electron chi connectivity index (χ3n) is 3.16. The van der Waals surface area contributed by atoms with Crippen LogP contribution in [0.3, 0.4) is 0 Å². The number of carbonyl (C=O) groups is 1. The number of carbonyl (C=O) groups excluding carboxylic acids is 1. The molecule has 0 atom stereocenters. The first-order chi connectivity index (χ1) is 10.7. The molecule has 0 spiro atoms. The average Bonchev–Trinajstić information content (AvgIpc) is 2.58. The van der Waals surface area contributed by atoms with E-state index in [-0.39, 0.29) is 5.91 Å². The van der Waals surface area contributed by atoms with Gasteiger partial charge in [-0.3, -0.25) is 4.79 Å². The van der Waals surface area contributed by atoms with E-state index < -0.39 is 0 Å². The van der Waals surface area contributed by atoms with E-state index in [0.717, 1.165) is 11.1 Å². The Labute approximate surface area is 130 Å². The molecule has 0 aliphatic rings. The molecule has 4 nitrogen and oxygen atoms in total. The van der Waals surface area contributed by atoms with Crippen LogP contribution in [0.5, 0.6) is 11.5 Å². The van der Waals surface area contributed by atoms with Crippen LogP contribution in [-0.2, 0) is 11.3 Å². The molecule has 0 aliphatic carbocycles. The van der Waals surface area contributed by atoms with Crippen LogP contribution in [0.1, 0.15) is 11.1 Å². The summed E-state index contributed by atoms with van der Waals surface area (Å²) >= 11 is 0. The Balaban J connectivity index is 1.97. The zero-order valence-corrected chi connectivity index (χ0v) is 12.7. The van der Waals surface area contributed by atoms with Crippen molar-refractivity contribution in [2.45, 2.75) is 6.54 Å². The van der Waals surface area contributed by atoms with Gasteiger partial charge in [-0.25, -0.2) is 0 Å². The van der Waals surface area contributed by atoms with Crippen molar-refractivity contribution in [2.75, 3.05) is 14.2 Å². The lowest BCUT2D eigenvalue weighted by Gasteiger charge is -2.07. The molecule has 2 aromatic rings. The van der Waals surface area contributed by atoms with Crippen LogP contribution in [0.2, 0.25) is 0 Å². The Bertz CT molecular complexity index is 651. The third kappa shape index (κ3) is 4.38. The van der Waals surface area contributed by atoms with Gasteiger partial charge in [0.1, 0.15) is 11.5 Å². The van der Waals surface area contributed by atoms with Crippen LogP contribution < -0.4 is 14.8 Å². The van der Waals surface area contributed by atoms with Gasteiger partial charge in [0.2, 0.25) is 5.91 Å². The monoisotopic (exact) mass is 297 g/mol. The zero-order valence-electron chi connectivity index (χ0n) is 12.7. The summed E-state index contributed by atoms with van der Waals surface area (Å²) in [6.45, 7) is 0.504. The highest BCUT2D eigenvalue weighted by molar-refractivity contribution is 5.92. The van der Waals surface area contributed by atoms with Gasteiger partial charge in [-0.1, -0.05) is 30.3 Å². The fourth-order valence-electron chi connectivity index (χ4n) is 1.97. The van der Waals surface area contributed by atoms with Crippen molar-refractivity contribution in [3.63, 3.8) is 0 Å². The van der Waals surface area contributed by atoms with Crippen molar-refractivity contribution in [2.24, 2.45) is 0 Å². The van der Waals surface area contributed by atoms with E-state index in [1.54, 1.807) is 26.4 Å². The highest BCUT2D eigenvalue weighted by Gasteiger charge is 2.03. The van der Waals surface area contributed by atoms with Crippen LogP contribution in [0.15, 0.2) is 54.6 Å². The quantitative estimate of drug-likeness (QED) is 0.834. The first-order valence-electron chi connectivity index (χ1n) is 6.95. The maximum absolute atomic E-state index is 11.8. The first-order valence-corrected chi connectivity index (χ1v) is 6.95. The minimum absolute atomic E-state index is 0.151. The highest BCUT2D eigenvalue weighted by Crippen LogP contribution is 2.25. The molecule has 0 fully saturated rings. The standard InChI is InChI=1S/C18H19NO3/c1-21-16-10-8-15(17(12-16)22-2)9-11-18(20)19-13-14-6-4-3-5-7-14/h3-12H,13H2,1-2H3,(H,19,20). The Morgan fingerprint density at radius 2 is 1.86 bits per heavy atom. The molecular weight excluding hydrogens is 278 g/mol. The summed E-state index contributed by atoms with van der Waals surface area (Å²) in [5.41, 5.74) is 1.88. The molecule has 0 radical (unpaired) electrons. The number of amides is 1. The van der Waals surface area contributed by atoms with Crippen LogP contribution in [0, 0.1) is 0 Å². The van der Waals surface area contributed by atoms with E-state index in [1.165, 1.54) is 6.08 Å². The summed E-state index contributed by atoms with van der Waals surface area (Å²) in [5, 5.41) is 2.84. The van der Waals surface area contributed by atoms with Gasteiger partial charge < -0.3 is 14.8 Å². The van der Waals surface area contributed by atoms with Crippen LogP contribution in [0.25, 0.3) is 6.08 Å². The molecule has 0 aromatic heterocycles. The number of hydrogen-bond acceptors (Lipinski definition) is 3. The average molecular weight is 297 g/mol. The zero-order chi connectivity index (χ0) is 15.8. The van der Waals surface area contributed by atoms with E-state index >= 15 is 0 Å². The van der Waals surface area contributed by atoms with Gasteiger partial charge in [-0.2, -0.15) is 0 Å². The van der Waals surface area contributed by atoms with Crippen molar-refractivity contribution in [1.82, 2.24) is 5.32 Å². The minimum atomic E-state index is -0.151. The molecule has 22 heavy (non-hydrogen) atoms. The van der Waals surface area contributed by atoms with E-state index in [0.29, 0.717) is 18.0 Å². The van der Waals surface area contributed by atoms with Gasteiger partial charge in [0.25, 0.3) is 0 Å². The molecule has 0 saturated carbocycles. The predicted octanol–water partition coefficient (Wildman–Crippen LogP) is 3.03. The third-order valence-corrected chi connectivity index (χ3v) is 3.16. The topological polar surface area (TPSA) is 47.6 Å². The largest absolute Gasteiger partial charge is 0.497 e. The molecule has 2 rings (SSSR count). The molecule has 0 bridgehead atoms. The van der Waals surface area contributed by atoms with Crippen LogP contribution in [-0.4, -0.2) is 20.1 Å². The second-order valence-electron chi connectivity index (χ2n) is 4.64. The second kappa shape index (κ2) is 7.88. The summed E-state index contributed by atoms with van der Waals surface area (Å²) in [5.74, 6) is 1.22. The molecule has 1 amide bonds. The molecule has 114 valence electrons. The van der Waals surface area contributed by atoms with Gasteiger partial charge in [0.05, 0.1) is 14.2 Å². The number of nitrogens with one attached hydrogen (secondary N) is 1. The van der Waals surface area contributed by atoms with Crippen molar-refractivity contribution in [3.05, 3.63) is 65.7 Å². The maximum Gasteiger partial charge on any atom is 0.244 e. The van der Waals surface area contributed by atoms with Gasteiger partial charge in [0, 0.05) is 24.3 Å².